The zero-order chi connectivity index (χ0) is 17.0. The maximum atomic E-state index is 12.1. The summed E-state index contributed by atoms with van der Waals surface area (Å²) >= 11 is 0. The van der Waals surface area contributed by atoms with E-state index in [-0.39, 0.29) is 12.8 Å². The average molecular weight is 346 g/mol. The number of piperazine rings is 1. The Bertz CT molecular complexity index is 635. The number of rotatable bonds is 7. The minimum absolute atomic E-state index is 0.0482. The number of carbonyl (C=O) groups is 1. The Morgan fingerprint density at radius 3 is 2.52 bits per heavy atom. The first-order valence-corrected chi connectivity index (χ1v) is 9.04. The molecule has 1 fully saturated rings. The van der Waals surface area contributed by atoms with Crippen LogP contribution in [0.4, 0.5) is 0 Å². The second-order valence-electron chi connectivity index (χ2n) is 5.77. The molecule has 0 unspecified atom stereocenters. The van der Waals surface area contributed by atoms with Crippen molar-refractivity contribution < 1.29 is 22.8 Å². The van der Waals surface area contributed by atoms with Gasteiger partial charge in [-0.05, 0) is 13.8 Å². The molecule has 1 N–H and O–H groups in total. The summed E-state index contributed by atoms with van der Waals surface area (Å²) < 4.78 is 30.7. The first kappa shape index (κ1) is 17.8. The minimum atomic E-state index is -3.21. The highest BCUT2D eigenvalue weighted by molar-refractivity contribution is 7.89. The maximum Gasteiger partial charge on any atom is 0.303 e. The van der Waals surface area contributed by atoms with Crippen LogP contribution in [0.2, 0.25) is 0 Å². The fourth-order valence-electron chi connectivity index (χ4n) is 2.31. The number of aromatic nitrogens is 2. The summed E-state index contributed by atoms with van der Waals surface area (Å²) in [5.74, 6) is -0.110. The van der Waals surface area contributed by atoms with Gasteiger partial charge in [0.2, 0.25) is 15.9 Å². The lowest BCUT2D eigenvalue weighted by molar-refractivity contribution is -0.137. The highest BCUT2D eigenvalue weighted by Gasteiger charge is 2.29. The molecule has 0 radical (unpaired) electrons. The third-order valence-electron chi connectivity index (χ3n) is 3.71. The van der Waals surface area contributed by atoms with Crippen LogP contribution in [0.15, 0.2) is 4.52 Å². The summed E-state index contributed by atoms with van der Waals surface area (Å²) in [7, 11) is -3.21. The zero-order valence-corrected chi connectivity index (χ0v) is 14.1. The summed E-state index contributed by atoms with van der Waals surface area (Å²) in [5, 5.41) is 12.0. The summed E-state index contributed by atoms with van der Waals surface area (Å²) in [5.41, 5.74) is 0. The second kappa shape index (κ2) is 7.37. The van der Waals surface area contributed by atoms with E-state index < -0.39 is 21.2 Å². The van der Waals surface area contributed by atoms with Gasteiger partial charge in [-0.25, -0.2) is 8.42 Å². The molecular weight excluding hydrogens is 324 g/mol. The molecule has 10 heteroatoms. The van der Waals surface area contributed by atoms with E-state index >= 15 is 0 Å². The van der Waals surface area contributed by atoms with Gasteiger partial charge in [0, 0.05) is 32.6 Å². The summed E-state index contributed by atoms with van der Waals surface area (Å²) in [6.07, 6.45) is 0.163. The van der Waals surface area contributed by atoms with Crippen LogP contribution >= 0.6 is 0 Å². The van der Waals surface area contributed by atoms with E-state index in [2.05, 4.69) is 15.0 Å². The molecule has 0 spiro atoms. The fraction of sp³-hybridized carbons (Fsp3) is 0.769. The third kappa shape index (κ3) is 4.72. The largest absolute Gasteiger partial charge is 0.481 e. The lowest BCUT2D eigenvalue weighted by atomic mass is 10.3. The molecule has 0 aliphatic carbocycles. The molecule has 130 valence electrons. The van der Waals surface area contributed by atoms with Crippen LogP contribution in [0.5, 0.6) is 0 Å². The molecule has 0 amide bonds. The smallest absolute Gasteiger partial charge is 0.303 e. The minimum Gasteiger partial charge on any atom is -0.481 e. The van der Waals surface area contributed by atoms with E-state index in [0.717, 1.165) is 0 Å². The van der Waals surface area contributed by atoms with Gasteiger partial charge >= 0.3 is 5.97 Å². The molecule has 0 saturated carbocycles. The van der Waals surface area contributed by atoms with Crippen LogP contribution in [0.1, 0.15) is 32.0 Å². The number of carboxylic acids is 1. The van der Waals surface area contributed by atoms with Crippen LogP contribution in [0, 0.1) is 0 Å². The van der Waals surface area contributed by atoms with Crippen LogP contribution in [0.25, 0.3) is 0 Å². The quantitative estimate of drug-likeness (QED) is 0.730. The number of aliphatic carboxylic acids is 1. The molecule has 1 aliphatic rings. The van der Waals surface area contributed by atoms with Gasteiger partial charge in [0.25, 0.3) is 0 Å². The maximum absolute atomic E-state index is 12.1. The molecule has 1 aromatic rings. The van der Waals surface area contributed by atoms with Crippen LogP contribution < -0.4 is 0 Å². The lowest BCUT2D eigenvalue weighted by Gasteiger charge is -2.34. The summed E-state index contributed by atoms with van der Waals surface area (Å²) in [6, 6.07) is 0. The van der Waals surface area contributed by atoms with Crippen molar-refractivity contribution in [1.82, 2.24) is 19.3 Å². The van der Waals surface area contributed by atoms with Gasteiger partial charge in [-0.15, -0.1) is 0 Å². The first-order valence-electron chi connectivity index (χ1n) is 7.53. The number of aryl methyl sites for hydroxylation is 1. The molecule has 1 aliphatic heterocycles. The molecule has 1 aromatic heterocycles. The van der Waals surface area contributed by atoms with Gasteiger partial charge in [0.1, 0.15) is 0 Å². The molecule has 0 aromatic carbocycles. The van der Waals surface area contributed by atoms with Gasteiger partial charge in [-0.2, -0.15) is 9.29 Å². The van der Waals surface area contributed by atoms with Gasteiger partial charge < -0.3 is 9.63 Å². The van der Waals surface area contributed by atoms with Crippen LogP contribution in [-0.4, -0.2) is 70.3 Å². The lowest BCUT2D eigenvalue weighted by Crippen LogP contribution is -2.50. The zero-order valence-electron chi connectivity index (χ0n) is 13.3. The molecule has 1 saturated heterocycles. The third-order valence-corrected chi connectivity index (χ3v) is 5.99. The Kier molecular flexibility index (Phi) is 5.71. The normalized spacial score (nSPS) is 17.7. The predicted molar refractivity (Wildman–Crippen MR) is 81.2 cm³/mol. The van der Waals surface area contributed by atoms with Gasteiger partial charge in [-0.3, -0.25) is 9.69 Å². The number of hydrogen-bond acceptors (Lipinski definition) is 7. The Hall–Kier alpha value is -1.52. The van der Waals surface area contributed by atoms with Crippen LogP contribution in [-0.2, 0) is 27.8 Å². The molecule has 0 atom stereocenters. The molecule has 0 bridgehead atoms. The highest BCUT2D eigenvalue weighted by atomic mass is 32.2. The van der Waals surface area contributed by atoms with Crippen molar-refractivity contribution in [3.05, 3.63) is 11.7 Å². The van der Waals surface area contributed by atoms with Gasteiger partial charge in [0.05, 0.1) is 18.2 Å². The van der Waals surface area contributed by atoms with E-state index in [4.69, 9.17) is 9.63 Å². The second-order valence-corrected chi connectivity index (χ2v) is 8.26. The van der Waals surface area contributed by atoms with E-state index in [1.165, 1.54) is 4.31 Å². The Morgan fingerprint density at radius 2 is 1.96 bits per heavy atom. The van der Waals surface area contributed by atoms with Gasteiger partial charge in [-0.1, -0.05) is 5.16 Å². The topological polar surface area (TPSA) is 117 Å². The Labute approximate surface area is 135 Å². The number of hydrogen-bond donors (Lipinski definition) is 1. The fourth-order valence-corrected chi connectivity index (χ4v) is 3.58. The van der Waals surface area contributed by atoms with Crippen molar-refractivity contribution in [2.24, 2.45) is 0 Å². The van der Waals surface area contributed by atoms with E-state index in [0.29, 0.717) is 44.4 Å². The van der Waals surface area contributed by atoms with Crippen molar-refractivity contribution >= 4 is 16.0 Å². The van der Waals surface area contributed by atoms with Crippen molar-refractivity contribution in [1.29, 1.82) is 0 Å². The van der Waals surface area contributed by atoms with E-state index in [1.54, 1.807) is 13.8 Å². The standard InChI is InChI=1S/C13H22N4O5S/c1-10(2)23(20,21)17-7-5-16(6-8-17)9-11-14-12(22-15-11)3-4-13(18)19/h10H,3-9H2,1-2H3,(H,18,19). The number of sulfonamides is 1. The van der Waals surface area contributed by atoms with E-state index in [9.17, 15) is 13.2 Å². The van der Waals surface area contributed by atoms with Crippen molar-refractivity contribution in [3.63, 3.8) is 0 Å². The molecule has 9 nitrogen and oxygen atoms in total. The summed E-state index contributed by atoms with van der Waals surface area (Å²) in [6.45, 7) is 5.93. The van der Waals surface area contributed by atoms with Crippen molar-refractivity contribution in [2.45, 2.75) is 38.5 Å². The Morgan fingerprint density at radius 1 is 1.30 bits per heavy atom. The summed E-state index contributed by atoms with van der Waals surface area (Å²) in [4.78, 5) is 16.7. The molecular formula is C13H22N4O5S. The van der Waals surface area contributed by atoms with E-state index in [1.807, 2.05) is 0 Å². The number of nitrogens with zero attached hydrogens (tertiary/aromatic N) is 4. The molecule has 2 heterocycles. The van der Waals surface area contributed by atoms with Crippen molar-refractivity contribution in [2.75, 3.05) is 26.2 Å². The highest BCUT2D eigenvalue weighted by Crippen LogP contribution is 2.13. The van der Waals surface area contributed by atoms with Gasteiger partial charge in [0.15, 0.2) is 5.82 Å². The van der Waals surface area contributed by atoms with Crippen molar-refractivity contribution in [3.8, 4) is 0 Å². The SMILES string of the molecule is CC(C)S(=O)(=O)N1CCN(Cc2noc(CCC(=O)O)n2)CC1. The average Bonchev–Trinajstić information content (AvgIpc) is 2.93. The molecule has 2 rings (SSSR count). The predicted octanol–water partition coefficient (Wildman–Crippen LogP) is -0.0574. The first-order chi connectivity index (χ1) is 10.8. The monoisotopic (exact) mass is 346 g/mol. The molecule has 23 heavy (non-hydrogen) atoms. The number of carboxylic acid groups (broad SMARTS) is 1. The Balaban J connectivity index is 1.84. The van der Waals surface area contributed by atoms with Crippen LogP contribution in [0.3, 0.4) is 0 Å².